The second kappa shape index (κ2) is 6.73. The van der Waals surface area contributed by atoms with Crippen LogP contribution >= 0.6 is 11.3 Å². The van der Waals surface area contributed by atoms with Crippen molar-refractivity contribution in [2.24, 2.45) is 5.92 Å². The van der Waals surface area contributed by atoms with Crippen LogP contribution in [0.1, 0.15) is 42.6 Å². The molecular weight excluding hydrogens is 248 g/mol. The van der Waals surface area contributed by atoms with Crippen molar-refractivity contribution in [3.05, 3.63) is 10.6 Å². The fourth-order valence-electron chi connectivity index (χ4n) is 1.65. The predicted molar refractivity (Wildman–Crippen MR) is 75.5 cm³/mol. The lowest BCUT2D eigenvalue weighted by atomic mass is 10.1. The Bertz CT molecular complexity index is 404. The van der Waals surface area contributed by atoms with Crippen LogP contribution in [0.15, 0.2) is 0 Å². The minimum absolute atomic E-state index is 0.296. The summed E-state index contributed by atoms with van der Waals surface area (Å²) in [6.07, 6.45) is 1.14. The molecule has 1 unspecified atom stereocenters. The van der Waals surface area contributed by atoms with Crippen molar-refractivity contribution < 1.29 is 9.53 Å². The minimum atomic E-state index is -0.296. The van der Waals surface area contributed by atoms with Gasteiger partial charge in [-0.3, -0.25) is 0 Å². The monoisotopic (exact) mass is 270 g/mol. The molecule has 0 aromatic carbocycles. The Balaban J connectivity index is 2.90. The Morgan fingerprint density at radius 2 is 2.17 bits per heavy atom. The van der Waals surface area contributed by atoms with E-state index in [0.29, 0.717) is 10.8 Å². The van der Waals surface area contributed by atoms with E-state index in [2.05, 4.69) is 30.7 Å². The average Bonchev–Trinajstić information content (AvgIpc) is 2.76. The number of nitrogens with zero attached hydrogens (tertiary/aromatic N) is 2. The maximum absolute atomic E-state index is 11.6. The third-order valence-electron chi connectivity index (χ3n) is 3.04. The Kier molecular flexibility index (Phi) is 5.59. The van der Waals surface area contributed by atoms with Crippen molar-refractivity contribution >= 4 is 22.4 Å². The molecule has 1 aromatic rings. The fourth-order valence-corrected chi connectivity index (χ4v) is 2.71. The van der Waals surface area contributed by atoms with E-state index in [0.717, 1.165) is 30.3 Å². The lowest BCUT2D eigenvalue weighted by Crippen LogP contribution is -2.27. The van der Waals surface area contributed by atoms with Gasteiger partial charge in [-0.2, -0.15) is 0 Å². The molecule has 0 saturated heterocycles. The topological polar surface area (TPSA) is 42.4 Å². The molecule has 1 heterocycles. The number of carbonyl (C=O) groups excluding carboxylic acids is 1. The third kappa shape index (κ3) is 3.45. The Hall–Kier alpha value is -1.10. The van der Waals surface area contributed by atoms with Gasteiger partial charge in [0.2, 0.25) is 0 Å². The second-order valence-corrected chi connectivity index (χ2v) is 5.43. The standard InChI is InChI=1S/C13H22N2O2S/c1-6-9(3)8-15(7-2)13-14-10(4)11(18-13)12(16)17-5/h9H,6-8H2,1-5H3. The zero-order chi connectivity index (χ0) is 13.7. The van der Waals surface area contributed by atoms with Gasteiger partial charge >= 0.3 is 5.97 Å². The lowest BCUT2D eigenvalue weighted by Gasteiger charge is -2.23. The first-order valence-corrected chi connectivity index (χ1v) is 7.15. The summed E-state index contributed by atoms with van der Waals surface area (Å²) in [5, 5.41) is 0.913. The normalized spacial score (nSPS) is 12.3. The molecule has 0 spiro atoms. The van der Waals surface area contributed by atoms with Crippen LogP contribution in [0.5, 0.6) is 0 Å². The number of rotatable bonds is 6. The first kappa shape index (κ1) is 15.0. The van der Waals surface area contributed by atoms with Gasteiger partial charge in [0.05, 0.1) is 12.8 Å². The van der Waals surface area contributed by atoms with Gasteiger partial charge < -0.3 is 9.64 Å². The zero-order valence-electron chi connectivity index (χ0n) is 11.8. The number of aromatic nitrogens is 1. The first-order chi connectivity index (χ1) is 8.53. The summed E-state index contributed by atoms with van der Waals surface area (Å²) in [6, 6.07) is 0. The SMILES string of the molecule is CCC(C)CN(CC)c1nc(C)c(C(=O)OC)s1. The van der Waals surface area contributed by atoms with E-state index in [1.54, 1.807) is 0 Å². The van der Waals surface area contributed by atoms with Crippen LogP contribution < -0.4 is 4.90 Å². The highest BCUT2D eigenvalue weighted by molar-refractivity contribution is 7.17. The van der Waals surface area contributed by atoms with E-state index >= 15 is 0 Å². The van der Waals surface area contributed by atoms with Gasteiger partial charge in [0.1, 0.15) is 4.88 Å². The molecule has 102 valence electrons. The summed E-state index contributed by atoms with van der Waals surface area (Å²) in [4.78, 5) is 18.9. The average molecular weight is 270 g/mol. The Morgan fingerprint density at radius 3 is 2.67 bits per heavy atom. The molecule has 0 fully saturated rings. The summed E-state index contributed by atoms with van der Waals surface area (Å²) < 4.78 is 4.76. The van der Waals surface area contributed by atoms with Crippen molar-refractivity contribution in [3.8, 4) is 0 Å². The molecule has 0 saturated carbocycles. The van der Waals surface area contributed by atoms with Crippen LogP contribution in [-0.4, -0.2) is 31.2 Å². The number of aryl methyl sites for hydroxylation is 1. The molecule has 0 N–H and O–H groups in total. The van der Waals surface area contributed by atoms with Crippen LogP contribution in [0.3, 0.4) is 0 Å². The first-order valence-electron chi connectivity index (χ1n) is 6.34. The zero-order valence-corrected chi connectivity index (χ0v) is 12.6. The molecule has 0 bridgehead atoms. The van der Waals surface area contributed by atoms with E-state index in [1.807, 2.05) is 6.92 Å². The molecule has 0 aliphatic heterocycles. The quantitative estimate of drug-likeness (QED) is 0.745. The highest BCUT2D eigenvalue weighted by atomic mass is 32.1. The molecule has 1 atom stereocenters. The molecule has 1 aromatic heterocycles. The number of ether oxygens (including phenoxy) is 1. The highest BCUT2D eigenvalue weighted by Crippen LogP contribution is 2.27. The van der Waals surface area contributed by atoms with Gasteiger partial charge in [-0.15, -0.1) is 0 Å². The van der Waals surface area contributed by atoms with Gasteiger partial charge in [0.25, 0.3) is 0 Å². The number of methoxy groups -OCH3 is 1. The maximum Gasteiger partial charge on any atom is 0.350 e. The van der Waals surface area contributed by atoms with Crippen LogP contribution in [0.2, 0.25) is 0 Å². The predicted octanol–water partition coefficient (Wildman–Crippen LogP) is 3.11. The van der Waals surface area contributed by atoms with E-state index in [-0.39, 0.29) is 5.97 Å². The number of carbonyl (C=O) groups is 1. The molecule has 5 heteroatoms. The summed E-state index contributed by atoms with van der Waals surface area (Å²) in [5.74, 6) is 0.326. The third-order valence-corrected chi connectivity index (χ3v) is 4.24. The highest BCUT2D eigenvalue weighted by Gasteiger charge is 2.19. The maximum atomic E-state index is 11.6. The largest absolute Gasteiger partial charge is 0.465 e. The van der Waals surface area contributed by atoms with Gasteiger partial charge in [0.15, 0.2) is 5.13 Å². The molecule has 4 nitrogen and oxygen atoms in total. The van der Waals surface area contributed by atoms with Crippen molar-refractivity contribution in [2.45, 2.75) is 34.1 Å². The number of esters is 1. The van der Waals surface area contributed by atoms with E-state index in [9.17, 15) is 4.79 Å². The molecular formula is C13H22N2O2S. The van der Waals surface area contributed by atoms with Gasteiger partial charge in [-0.05, 0) is 19.8 Å². The number of thiazole rings is 1. The van der Waals surface area contributed by atoms with Crippen LogP contribution in [0.25, 0.3) is 0 Å². The summed E-state index contributed by atoms with van der Waals surface area (Å²) in [7, 11) is 1.40. The molecule has 1 rings (SSSR count). The number of anilines is 1. The van der Waals surface area contributed by atoms with Crippen molar-refractivity contribution in [3.63, 3.8) is 0 Å². The lowest BCUT2D eigenvalue weighted by molar-refractivity contribution is 0.0605. The minimum Gasteiger partial charge on any atom is -0.465 e. The van der Waals surface area contributed by atoms with Gasteiger partial charge in [-0.25, -0.2) is 9.78 Å². The molecule has 0 amide bonds. The van der Waals surface area contributed by atoms with Crippen LogP contribution in [0.4, 0.5) is 5.13 Å². The second-order valence-electron chi connectivity index (χ2n) is 4.45. The van der Waals surface area contributed by atoms with E-state index < -0.39 is 0 Å². The number of hydrogen-bond donors (Lipinski definition) is 0. The number of hydrogen-bond acceptors (Lipinski definition) is 5. The van der Waals surface area contributed by atoms with Gasteiger partial charge in [-0.1, -0.05) is 31.6 Å². The van der Waals surface area contributed by atoms with Crippen molar-refractivity contribution in [1.82, 2.24) is 4.98 Å². The summed E-state index contributed by atoms with van der Waals surface area (Å²) in [5.41, 5.74) is 0.754. The molecule has 0 radical (unpaired) electrons. The van der Waals surface area contributed by atoms with Crippen molar-refractivity contribution in [2.75, 3.05) is 25.1 Å². The Labute approximate surface area is 113 Å². The fraction of sp³-hybridized carbons (Fsp3) is 0.692. The van der Waals surface area contributed by atoms with Crippen LogP contribution in [0, 0.1) is 12.8 Å². The smallest absolute Gasteiger partial charge is 0.350 e. The van der Waals surface area contributed by atoms with Crippen molar-refractivity contribution in [1.29, 1.82) is 0 Å². The van der Waals surface area contributed by atoms with Gasteiger partial charge in [0, 0.05) is 13.1 Å². The van der Waals surface area contributed by atoms with E-state index in [4.69, 9.17) is 4.74 Å². The Morgan fingerprint density at radius 1 is 1.50 bits per heavy atom. The molecule has 0 aliphatic carbocycles. The molecule has 18 heavy (non-hydrogen) atoms. The van der Waals surface area contributed by atoms with Crippen LogP contribution in [-0.2, 0) is 4.74 Å². The molecule has 0 aliphatic rings. The summed E-state index contributed by atoms with van der Waals surface area (Å²) in [6.45, 7) is 10.2. The van der Waals surface area contributed by atoms with E-state index in [1.165, 1.54) is 18.4 Å². The summed E-state index contributed by atoms with van der Waals surface area (Å²) >= 11 is 1.42.